The molecule has 0 heteroatoms. The first kappa shape index (κ1) is 34.3. The van der Waals surface area contributed by atoms with Gasteiger partial charge in [-0.3, -0.25) is 0 Å². The van der Waals surface area contributed by atoms with Crippen LogP contribution in [0.3, 0.4) is 0 Å². The SMILES string of the molecule is c1ccc(-c2c3ccccc3c(-c3ccc4ccc(-c5ccc6ccccc6c5)c(-c5ccc(-c6cc7ccccc7c7ccccc67)cc5)c4c3)c3ccccc23)cc1. The van der Waals surface area contributed by atoms with Crippen molar-refractivity contribution in [3.05, 3.63) is 231 Å². The van der Waals surface area contributed by atoms with Crippen molar-refractivity contribution in [1.29, 1.82) is 0 Å². The Labute approximate surface area is 349 Å². The highest BCUT2D eigenvalue weighted by Crippen LogP contribution is 2.46. The summed E-state index contributed by atoms with van der Waals surface area (Å²) >= 11 is 0. The average molecular weight is 759 g/mol. The Kier molecular flexibility index (Phi) is 7.96. The van der Waals surface area contributed by atoms with E-state index in [0.29, 0.717) is 0 Å². The second-order valence-electron chi connectivity index (χ2n) is 16.0. The summed E-state index contributed by atoms with van der Waals surface area (Å²) in [6, 6.07) is 85.2. The molecule has 0 saturated carbocycles. The fraction of sp³-hybridized carbons (Fsp3) is 0. The molecule has 0 atom stereocenters. The lowest BCUT2D eigenvalue weighted by Crippen LogP contribution is -1.92. The monoisotopic (exact) mass is 758 g/mol. The van der Waals surface area contributed by atoms with E-state index in [9.17, 15) is 0 Å². The average Bonchev–Trinajstić information content (AvgIpc) is 3.32. The van der Waals surface area contributed by atoms with Crippen molar-refractivity contribution in [3.63, 3.8) is 0 Å². The van der Waals surface area contributed by atoms with Gasteiger partial charge in [0, 0.05) is 0 Å². The Morgan fingerprint density at radius 2 is 0.633 bits per heavy atom. The third-order valence-electron chi connectivity index (χ3n) is 12.6. The van der Waals surface area contributed by atoms with Gasteiger partial charge in [0.25, 0.3) is 0 Å². The van der Waals surface area contributed by atoms with E-state index in [2.05, 4.69) is 231 Å². The van der Waals surface area contributed by atoms with Gasteiger partial charge in [-0.15, -0.1) is 0 Å². The van der Waals surface area contributed by atoms with Crippen molar-refractivity contribution in [2.75, 3.05) is 0 Å². The molecule has 278 valence electrons. The van der Waals surface area contributed by atoms with Crippen LogP contribution in [0.5, 0.6) is 0 Å². The molecule has 0 bridgehead atoms. The fourth-order valence-electron chi connectivity index (χ4n) is 9.85. The van der Waals surface area contributed by atoms with Gasteiger partial charge in [-0.2, -0.15) is 0 Å². The molecule has 12 aromatic rings. The van der Waals surface area contributed by atoms with E-state index in [4.69, 9.17) is 0 Å². The lowest BCUT2D eigenvalue weighted by atomic mass is 9.84. The molecule has 0 saturated heterocycles. The zero-order valence-electron chi connectivity index (χ0n) is 32.9. The second-order valence-corrected chi connectivity index (χ2v) is 16.0. The van der Waals surface area contributed by atoms with Gasteiger partial charge >= 0.3 is 0 Å². The first-order valence-electron chi connectivity index (χ1n) is 20.8. The third-order valence-corrected chi connectivity index (χ3v) is 12.6. The van der Waals surface area contributed by atoms with Gasteiger partial charge in [-0.1, -0.05) is 212 Å². The zero-order valence-corrected chi connectivity index (χ0v) is 32.9. The maximum Gasteiger partial charge on any atom is -0.00261 e. The molecule has 0 heterocycles. The molecule has 60 heavy (non-hydrogen) atoms. The zero-order chi connectivity index (χ0) is 39.6. The molecule has 0 amide bonds. The Morgan fingerprint density at radius 3 is 1.33 bits per heavy atom. The summed E-state index contributed by atoms with van der Waals surface area (Å²) in [6.07, 6.45) is 0. The molecule has 0 N–H and O–H groups in total. The predicted molar refractivity (Wildman–Crippen MR) is 259 cm³/mol. The molecule has 0 aliphatic rings. The molecular formula is C60H38. The quantitative estimate of drug-likeness (QED) is 0.121. The van der Waals surface area contributed by atoms with Gasteiger partial charge in [0.1, 0.15) is 0 Å². The molecular weight excluding hydrogens is 721 g/mol. The first-order chi connectivity index (χ1) is 29.8. The van der Waals surface area contributed by atoms with Gasteiger partial charge < -0.3 is 0 Å². The second kappa shape index (κ2) is 13.9. The number of benzene rings is 12. The Bertz CT molecular complexity index is 3570. The van der Waals surface area contributed by atoms with E-state index in [1.54, 1.807) is 0 Å². The van der Waals surface area contributed by atoms with Crippen molar-refractivity contribution in [2.24, 2.45) is 0 Å². The summed E-state index contributed by atoms with van der Waals surface area (Å²) in [7, 11) is 0. The van der Waals surface area contributed by atoms with Crippen LogP contribution < -0.4 is 0 Å². The highest BCUT2D eigenvalue weighted by molar-refractivity contribution is 6.22. The van der Waals surface area contributed by atoms with E-state index in [0.717, 1.165) is 0 Å². The van der Waals surface area contributed by atoms with Crippen LogP contribution in [0.1, 0.15) is 0 Å². The smallest absolute Gasteiger partial charge is 0.00261 e. The van der Waals surface area contributed by atoms with Crippen molar-refractivity contribution >= 4 is 64.6 Å². The van der Waals surface area contributed by atoms with Crippen LogP contribution in [0, 0.1) is 0 Å². The number of hydrogen-bond acceptors (Lipinski definition) is 0. The van der Waals surface area contributed by atoms with Crippen LogP contribution in [0.15, 0.2) is 231 Å². The standard InChI is InChI=1S/C60H38/c1-2-15-42(16-3-1)59-52-22-10-12-24-54(52)60(55-25-13-11-23-53(55)59)47-33-29-41-34-35-49(46-32-26-39-14-4-5-17-44(39)36-46)58(57(41)38-47)43-30-27-40(28-31-43)56-37-45-18-6-7-19-48(45)50-20-8-9-21-51(50)56/h1-38H. The van der Waals surface area contributed by atoms with Crippen molar-refractivity contribution in [2.45, 2.75) is 0 Å². The minimum Gasteiger partial charge on any atom is -0.0622 e. The molecule has 0 unspecified atom stereocenters. The maximum atomic E-state index is 2.45. The topological polar surface area (TPSA) is 0 Å². The van der Waals surface area contributed by atoms with Crippen LogP contribution in [-0.4, -0.2) is 0 Å². The lowest BCUT2D eigenvalue weighted by Gasteiger charge is -2.19. The molecule has 12 rings (SSSR count). The van der Waals surface area contributed by atoms with Gasteiger partial charge in [0.2, 0.25) is 0 Å². The van der Waals surface area contributed by atoms with Gasteiger partial charge in [0.05, 0.1) is 0 Å². The summed E-state index contributed by atoms with van der Waals surface area (Å²) < 4.78 is 0. The lowest BCUT2D eigenvalue weighted by molar-refractivity contribution is 1.61. The van der Waals surface area contributed by atoms with Crippen LogP contribution in [0.2, 0.25) is 0 Å². The molecule has 0 aromatic heterocycles. The molecule has 0 radical (unpaired) electrons. The van der Waals surface area contributed by atoms with Gasteiger partial charge in [0.15, 0.2) is 0 Å². The maximum absolute atomic E-state index is 2.45. The largest absolute Gasteiger partial charge is 0.0622 e. The number of fused-ring (bicyclic) bond motifs is 7. The molecule has 0 aliphatic carbocycles. The molecule has 12 aromatic carbocycles. The first-order valence-corrected chi connectivity index (χ1v) is 20.8. The minimum absolute atomic E-state index is 1.20. The van der Waals surface area contributed by atoms with Crippen LogP contribution in [0.25, 0.3) is 120 Å². The molecule has 0 nitrogen and oxygen atoms in total. The van der Waals surface area contributed by atoms with Crippen molar-refractivity contribution in [1.82, 2.24) is 0 Å². The highest BCUT2D eigenvalue weighted by Gasteiger charge is 2.19. The Balaban J connectivity index is 1.11. The molecule has 0 fully saturated rings. The van der Waals surface area contributed by atoms with Crippen molar-refractivity contribution < 1.29 is 0 Å². The van der Waals surface area contributed by atoms with Gasteiger partial charge in [-0.25, -0.2) is 0 Å². The van der Waals surface area contributed by atoms with E-state index >= 15 is 0 Å². The minimum atomic E-state index is 1.20. The molecule has 0 aliphatic heterocycles. The third kappa shape index (κ3) is 5.53. The van der Waals surface area contributed by atoms with E-state index < -0.39 is 0 Å². The Morgan fingerprint density at radius 1 is 0.167 bits per heavy atom. The van der Waals surface area contributed by atoms with Gasteiger partial charge in [-0.05, 0) is 138 Å². The Hall–Kier alpha value is -7.80. The van der Waals surface area contributed by atoms with Crippen molar-refractivity contribution in [3.8, 4) is 55.6 Å². The van der Waals surface area contributed by atoms with E-state index in [-0.39, 0.29) is 0 Å². The summed E-state index contributed by atoms with van der Waals surface area (Å²) in [6.45, 7) is 0. The summed E-state index contributed by atoms with van der Waals surface area (Å²) in [4.78, 5) is 0. The normalized spacial score (nSPS) is 11.7. The highest BCUT2D eigenvalue weighted by atomic mass is 14.2. The van der Waals surface area contributed by atoms with Crippen LogP contribution in [0.4, 0.5) is 0 Å². The van der Waals surface area contributed by atoms with Crippen LogP contribution in [-0.2, 0) is 0 Å². The fourth-order valence-corrected chi connectivity index (χ4v) is 9.85. The van der Waals surface area contributed by atoms with E-state index in [1.807, 2.05) is 0 Å². The summed E-state index contributed by atoms with van der Waals surface area (Å²) in [5, 5.41) is 15.1. The number of hydrogen-bond donors (Lipinski definition) is 0. The number of rotatable bonds is 5. The van der Waals surface area contributed by atoms with E-state index in [1.165, 1.54) is 120 Å². The predicted octanol–water partition coefficient (Wildman–Crippen LogP) is 16.9. The molecule has 0 spiro atoms. The van der Waals surface area contributed by atoms with Crippen LogP contribution >= 0.6 is 0 Å². The summed E-state index contributed by atoms with van der Waals surface area (Å²) in [5.41, 5.74) is 12.3. The summed E-state index contributed by atoms with van der Waals surface area (Å²) in [5.74, 6) is 0.